The molecule has 2 heterocycles. The van der Waals surface area contributed by atoms with Crippen molar-refractivity contribution < 1.29 is 0 Å². The first kappa shape index (κ1) is 28.6. The fourth-order valence-electron chi connectivity index (χ4n) is 7.86. The van der Waals surface area contributed by atoms with Crippen LogP contribution in [0, 0.1) is 0 Å². The van der Waals surface area contributed by atoms with Crippen molar-refractivity contribution in [3.8, 4) is 44.6 Å². The summed E-state index contributed by atoms with van der Waals surface area (Å²) < 4.78 is 0. The van der Waals surface area contributed by atoms with Crippen molar-refractivity contribution in [1.82, 2.24) is 9.97 Å². The molecule has 0 bridgehead atoms. The van der Waals surface area contributed by atoms with E-state index in [1.54, 1.807) is 0 Å². The molecular weight excluding hydrogens is 605 g/mol. The predicted octanol–water partition coefficient (Wildman–Crippen LogP) is 12.7. The first-order chi connectivity index (χ1) is 24.8. The Bertz CT molecular complexity index is 2810. The van der Waals surface area contributed by atoms with Gasteiger partial charge in [-0.2, -0.15) is 0 Å². The minimum absolute atomic E-state index is 0.917. The molecule has 0 atom stereocenters. The molecule has 0 saturated heterocycles. The molecule has 0 amide bonds. The third-order valence-electron chi connectivity index (χ3n) is 10.4. The van der Waals surface area contributed by atoms with Crippen molar-refractivity contribution in [2.75, 3.05) is 0 Å². The van der Waals surface area contributed by atoms with Crippen LogP contribution in [-0.4, -0.2) is 9.97 Å². The zero-order chi connectivity index (χ0) is 33.0. The van der Waals surface area contributed by atoms with E-state index in [1.807, 2.05) is 30.6 Å². The van der Waals surface area contributed by atoms with E-state index in [-0.39, 0.29) is 0 Å². The van der Waals surface area contributed by atoms with Gasteiger partial charge in [0.25, 0.3) is 0 Å². The summed E-state index contributed by atoms with van der Waals surface area (Å²) in [5.41, 5.74) is 13.0. The van der Waals surface area contributed by atoms with Crippen molar-refractivity contribution in [2.45, 2.75) is 12.8 Å². The molecule has 0 aliphatic heterocycles. The molecule has 9 aromatic rings. The molecule has 0 unspecified atom stereocenters. The van der Waals surface area contributed by atoms with E-state index in [0.29, 0.717) is 0 Å². The summed E-state index contributed by atoms with van der Waals surface area (Å²) in [5, 5.41) is 8.64. The number of hydrogen-bond donors (Lipinski definition) is 0. The standard InChI is InChI=1S/C48H32N2/c1-3-11-33-25-37(19-17-31(33)9-1)47-41-14-6-7-15-42(41)48(38-20-18-32-10-2-4-12-34(32)26-38)44-28-35(21-23-43(44)47)39-22-24-46(49-29-39)40-27-36-13-5-8-16-45(36)50-30-40/h1-2,4-10,12-30H,3,11H2. The van der Waals surface area contributed by atoms with Crippen LogP contribution in [-0.2, 0) is 6.42 Å². The molecule has 0 N–H and O–H groups in total. The number of fused-ring (bicyclic) bond motifs is 5. The topological polar surface area (TPSA) is 25.8 Å². The molecule has 1 aliphatic rings. The summed E-state index contributed by atoms with van der Waals surface area (Å²) >= 11 is 0. The summed E-state index contributed by atoms with van der Waals surface area (Å²) in [7, 11) is 0. The maximum Gasteiger partial charge on any atom is 0.0718 e. The van der Waals surface area contributed by atoms with Gasteiger partial charge in [0.2, 0.25) is 0 Å². The number of rotatable bonds is 4. The van der Waals surface area contributed by atoms with Crippen molar-refractivity contribution in [2.24, 2.45) is 0 Å². The maximum atomic E-state index is 4.94. The Morgan fingerprint density at radius 3 is 1.94 bits per heavy atom. The van der Waals surface area contributed by atoms with Crippen LogP contribution in [0.5, 0.6) is 0 Å². The Labute approximate surface area is 291 Å². The molecule has 2 nitrogen and oxygen atoms in total. The molecule has 234 valence electrons. The van der Waals surface area contributed by atoms with Gasteiger partial charge in [-0.15, -0.1) is 0 Å². The number of allylic oxidation sites excluding steroid dienone is 1. The lowest BCUT2D eigenvalue weighted by Crippen LogP contribution is -1.96. The van der Waals surface area contributed by atoms with Gasteiger partial charge in [-0.25, -0.2) is 0 Å². The average Bonchev–Trinajstić information content (AvgIpc) is 3.19. The maximum absolute atomic E-state index is 4.94. The lowest BCUT2D eigenvalue weighted by molar-refractivity contribution is 0.986. The van der Waals surface area contributed by atoms with Gasteiger partial charge in [0.1, 0.15) is 0 Å². The second-order valence-electron chi connectivity index (χ2n) is 13.3. The molecule has 2 heteroatoms. The molecule has 1 aliphatic carbocycles. The number of para-hydroxylation sites is 1. The summed E-state index contributed by atoms with van der Waals surface area (Å²) in [4.78, 5) is 9.61. The number of benzene rings is 7. The Hall–Kier alpha value is -6.38. The second-order valence-corrected chi connectivity index (χ2v) is 13.3. The van der Waals surface area contributed by atoms with Gasteiger partial charge >= 0.3 is 0 Å². The fourth-order valence-corrected chi connectivity index (χ4v) is 7.86. The SMILES string of the molecule is C1=Cc2ccc(-c3c4ccccc4c(-c4ccc5ccccc5c4)c4cc(-c5ccc(-c6cnc7ccccc7c6)nc5)ccc34)cc2CC1. The average molecular weight is 637 g/mol. The molecule has 50 heavy (non-hydrogen) atoms. The van der Waals surface area contributed by atoms with E-state index in [9.17, 15) is 0 Å². The first-order valence-electron chi connectivity index (χ1n) is 17.4. The fraction of sp³-hybridized carbons (Fsp3) is 0.0417. The lowest BCUT2D eigenvalue weighted by atomic mass is 9.83. The largest absolute Gasteiger partial charge is 0.256 e. The second kappa shape index (κ2) is 11.6. The van der Waals surface area contributed by atoms with Gasteiger partial charge in [-0.1, -0.05) is 127 Å². The highest BCUT2D eigenvalue weighted by Crippen LogP contribution is 2.45. The van der Waals surface area contributed by atoms with E-state index in [4.69, 9.17) is 4.98 Å². The third-order valence-corrected chi connectivity index (χ3v) is 10.4. The van der Waals surface area contributed by atoms with Gasteiger partial charge in [0, 0.05) is 28.9 Å². The van der Waals surface area contributed by atoms with Gasteiger partial charge in [-0.05, 0) is 114 Å². The van der Waals surface area contributed by atoms with Crippen LogP contribution < -0.4 is 0 Å². The van der Waals surface area contributed by atoms with E-state index in [2.05, 4.69) is 145 Å². The van der Waals surface area contributed by atoms with Gasteiger partial charge in [0.15, 0.2) is 0 Å². The Morgan fingerprint density at radius 2 is 1.08 bits per heavy atom. The third kappa shape index (κ3) is 4.80. The lowest BCUT2D eigenvalue weighted by Gasteiger charge is -2.20. The van der Waals surface area contributed by atoms with Crippen LogP contribution in [0.3, 0.4) is 0 Å². The van der Waals surface area contributed by atoms with E-state index < -0.39 is 0 Å². The molecule has 0 saturated carbocycles. The van der Waals surface area contributed by atoms with Crippen LogP contribution in [0.15, 0.2) is 164 Å². The zero-order valence-corrected chi connectivity index (χ0v) is 27.5. The summed E-state index contributed by atoms with van der Waals surface area (Å²) in [6.45, 7) is 0. The molecule has 0 spiro atoms. The Kier molecular flexibility index (Phi) is 6.67. The van der Waals surface area contributed by atoms with Crippen molar-refractivity contribution in [3.63, 3.8) is 0 Å². The Morgan fingerprint density at radius 1 is 0.420 bits per heavy atom. The smallest absolute Gasteiger partial charge is 0.0718 e. The zero-order valence-electron chi connectivity index (χ0n) is 27.5. The van der Waals surface area contributed by atoms with Crippen LogP contribution in [0.1, 0.15) is 17.5 Å². The van der Waals surface area contributed by atoms with Gasteiger partial charge in [0.05, 0.1) is 11.2 Å². The van der Waals surface area contributed by atoms with Gasteiger partial charge < -0.3 is 0 Å². The highest BCUT2D eigenvalue weighted by molar-refractivity contribution is 6.22. The highest BCUT2D eigenvalue weighted by Gasteiger charge is 2.19. The number of nitrogens with zero attached hydrogens (tertiary/aromatic N) is 2. The van der Waals surface area contributed by atoms with Crippen molar-refractivity contribution in [3.05, 3.63) is 175 Å². The Balaban J connectivity index is 1.19. The summed E-state index contributed by atoms with van der Waals surface area (Å²) in [6, 6.07) is 53.2. The van der Waals surface area contributed by atoms with E-state index in [0.717, 1.165) is 46.1 Å². The number of aryl methyl sites for hydroxylation is 1. The quantitative estimate of drug-likeness (QED) is 0.180. The summed E-state index contributed by atoms with van der Waals surface area (Å²) in [5.74, 6) is 0. The molecule has 0 radical (unpaired) electrons. The molecule has 0 fully saturated rings. The molecule has 10 rings (SSSR count). The predicted molar refractivity (Wildman–Crippen MR) is 211 cm³/mol. The highest BCUT2D eigenvalue weighted by atomic mass is 14.7. The normalized spacial score (nSPS) is 12.6. The molecule has 7 aromatic carbocycles. The molecular formula is C48H32N2. The van der Waals surface area contributed by atoms with Crippen molar-refractivity contribution >= 4 is 49.3 Å². The van der Waals surface area contributed by atoms with Gasteiger partial charge in [-0.3, -0.25) is 9.97 Å². The minimum atomic E-state index is 0.917. The number of pyridine rings is 2. The number of aromatic nitrogens is 2. The van der Waals surface area contributed by atoms with Crippen LogP contribution in [0.2, 0.25) is 0 Å². The van der Waals surface area contributed by atoms with E-state index >= 15 is 0 Å². The summed E-state index contributed by atoms with van der Waals surface area (Å²) in [6.07, 6.45) is 10.6. The molecule has 2 aromatic heterocycles. The van der Waals surface area contributed by atoms with E-state index in [1.165, 1.54) is 65.7 Å². The number of hydrogen-bond acceptors (Lipinski definition) is 2. The first-order valence-corrected chi connectivity index (χ1v) is 17.4. The van der Waals surface area contributed by atoms with Crippen LogP contribution in [0.4, 0.5) is 0 Å². The monoisotopic (exact) mass is 636 g/mol. The van der Waals surface area contributed by atoms with Crippen molar-refractivity contribution in [1.29, 1.82) is 0 Å². The van der Waals surface area contributed by atoms with Crippen LogP contribution >= 0.6 is 0 Å². The minimum Gasteiger partial charge on any atom is -0.256 e. The van der Waals surface area contributed by atoms with Crippen LogP contribution in [0.25, 0.3) is 93.9 Å².